The second kappa shape index (κ2) is 11.4. The lowest BCUT2D eigenvalue weighted by molar-refractivity contribution is 0.483. The van der Waals surface area contributed by atoms with Crippen LogP contribution in [0.25, 0.3) is 50.3 Å². The minimum atomic E-state index is -0.340. The number of nitrogens with zero attached hydrogens (tertiary/aromatic N) is 5. The molecule has 8 rings (SSSR count). The van der Waals surface area contributed by atoms with Crippen LogP contribution in [0.3, 0.4) is 0 Å². The molecule has 8 aromatic rings. The molecular weight excluding hydrogens is 558 g/mol. The van der Waals surface area contributed by atoms with Crippen molar-refractivity contribution in [1.82, 2.24) is 24.5 Å². The Bertz CT molecular complexity index is 2290. The second-order valence-corrected chi connectivity index (χ2v) is 10.3. The van der Waals surface area contributed by atoms with Crippen molar-refractivity contribution in [3.63, 3.8) is 0 Å². The highest BCUT2D eigenvalue weighted by Crippen LogP contribution is 2.37. The normalized spacial score (nSPS) is 12.0. The van der Waals surface area contributed by atoms with Crippen molar-refractivity contribution in [3.05, 3.63) is 152 Å². The number of aromatic nitrogens is 5. The summed E-state index contributed by atoms with van der Waals surface area (Å²) >= 11 is 0. The van der Waals surface area contributed by atoms with Gasteiger partial charge >= 0.3 is 0 Å². The van der Waals surface area contributed by atoms with Crippen molar-refractivity contribution in [2.75, 3.05) is 0 Å². The molecule has 4 aromatic heterocycles. The summed E-state index contributed by atoms with van der Waals surface area (Å²) in [6, 6.07) is 38.1. The fourth-order valence-electron chi connectivity index (χ4n) is 5.40. The molecule has 0 bridgehead atoms. The molecular formula is C38H25N5O2. The van der Waals surface area contributed by atoms with Gasteiger partial charge in [-0.2, -0.15) is 0 Å². The van der Waals surface area contributed by atoms with Gasteiger partial charge in [0, 0.05) is 58.8 Å². The number of hydrogen-bond donors (Lipinski definition) is 0. The van der Waals surface area contributed by atoms with E-state index >= 15 is 0 Å². The second-order valence-electron chi connectivity index (χ2n) is 10.3. The Hall–Kier alpha value is -6.34. The number of pyridine rings is 2. The van der Waals surface area contributed by atoms with Crippen LogP contribution in [0, 0.1) is 0 Å². The van der Waals surface area contributed by atoms with Gasteiger partial charge in [0.25, 0.3) is 0 Å². The number of ether oxygens (including phenoxy) is 2. The van der Waals surface area contributed by atoms with Gasteiger partial charge in [0.05, 0.1) is 26.5 Å². The summed E-state index contributed by atoms with van der Waals surface area (Å²) in [6.45, 7) is 0. The summed E-state index contributed by atoms with van der Waals surface area (Å²) in [5.41, 5.74) is 4.94. The summed E-state index contributed by atoms with van der Waals surface area (Å²) in [6.07, 6.45) is 2.84. The van der Waals surface area contributed by atoms with Gasteiger partial charge in [-0.1, -0.05) is 36.4 Å². The van der Waals surface area contributed by atoms with E-state index in [1.54, 1.807) is 17.0 Å². The fraction of sp³-hybridized carbons (Fsp3) is 0. The van der Waals surface area contributed by atoms with Crippen LogP contribution in [-0.4, -0.2) is 24.5 Å². The predicted octanol–water partition coefficient (Wildman–Crippen LogP) is 9.28. The topological polar surface area (TPSA) is 75.0 Å². The fourth-order valence-corrected chi connectivity index (χ4v) is 5.40. The van der Waals surface area contributed by atoms with E-state index in [1.807, 2.05) is 121 Å². The summed E-state index contributed by atoms with van der Waals surface area (Å²) in [5, 5.41) is 1.78. The van der Waals surface area contributed by atoms with Crippen molar-refractivity contribution < 1.29 is 13.6 Å². The molecule has 7 nitrogen and oxygen atoms in total. The quantitative estimate of drug-likeness (QED) is 0.185. The molecule has 45 heavy (non-hydrogen) atoms. The van der Waals surface area contributed by atoms with Crippen molar-refractivity contribution in [3.8, 4) is 51.5 Å². The molecule has 0 radical (unpaired) electrons. The van der Waals surface area contributed by atoms with Gasteiger partial charge < -0.3 is 9.47 Å². The van der Waals surface area contributed by atoms with Gasteiger partial charge in [-0.15, -0.1) is 0 Å². The van der Waals surface area contributed by atoms with Crippen LogP contribution >= 0.6 is 0 Å². The lowest BCUT2D eigenvalue weighted by atomic mass is 10.1. The van der Waals surface area contributed by atoms with Gasteiger partial charge in [0.1, 0.15) is 23.0 Å². The van der Waals surface area contributed by atoms with Gasteiger partial charge in [-0.25, -0.2) is 9.97 Å². The monoisotopic (exact) mass is 586 g/mol. The number of rotatable bonds is 7. The van der Waals surface area contributed by atoms with Crippen LogP contribution in [0.5, 0.6) is 23.0 Å². The molecule has 0 aliphatic heterocycles. The average molecular weight is 587 g/mol. The highest BCUT2D eigenvalue weighted by atomic mass is 16.5. The maximum Gasteiger partial charge on any atom is 0.234 e. The first-order valence-electron chi connectivity index (χ1n) is 15.8. The summed E-state index contributed by atoms with van der Waals surface area (Å²) in [4.78, 5) is 17.5. The minimum absolute atomic E-state index is 0.101. The molecule has 0 aliphatic rings. The van der Waals surface area contributed by atoms with E-state index in [2.05, 4.69) is 19.9 Å². The zero-order valence-electron chi connectivity index (χ0n) is 26.8. The van der Waals surface area contributed by atoms with Crippen LogP contribution < -0.4 is 9.47 Å². The van der Waals surface area contributed by atoms with Crippen LogP contribution in [-0.2, 0) is 0 Å². The molecule has 7 heteroatoms. The number of hydrogen-bond acceptors (Lipinski definition) is 6. The Morgan fingerprint density at radius 1 is 0.489 bits per heavy atom. The van der Waals surface area contributed by atoms with E-state index in [4.69, 9.17) is 13.6 Å². The highest BCUT2D eigenvalue weighted by molar-refractivity contribution is 6.09. The summed E-state index contributed by atoms with van der Waals surface area (Å²) < 4.78 is 39.0. The molecule has 0 aliphatic carbocycles. The van der Waals surface area contributed by atoms with Gasteiger partial charge in [0.15, 0.2) is 0 Å². The zero-order valence-corrected chi connectivity index (χ0v) is 23.8. The smallest absolute Gasteiger partial charge is 0.234 e. The Balaban J connectivity index is 1.23. The lowest BCUT2D eigenvalue weighted by Crippen LogP contribution is -2.00. The average Bonchev–Trinajstić information content (AvgIpc) is 3.44. The Labute approximate surface area is 263 Å². The maximum atomic E-state index is 8.25. The van der Waals surface area contributed by atoms with E-state index in [0.29, 0.717) is 34.0 Å². The Morgan fingerprint density at radius 3 is 1.49 bits per heavy atom. The van der Waals surface area contributed by atoms with Gasteiger partial charge in [-0.3, -0.25) is 14.5 Å². The molecule has 0 fully saturated rings. The standard InChI is InChI=1S/C38H25N5O2/c1-3-18-39-34(12-1)26-8-5-10-28(22-26)44-30-14-16-32-33-17-15-31(25-37(33)43(36(32)24-30)38-41-20-7-21-42-38)45-29-11-6-9-27(23-29)35-13-2-4-19-40-35/h1-25H/i7D,20D,21D. The molecule has 0 saturated heterocycles. The molecule has 0 N–H and O–H groups in total. The van der Waals surface area contributed by atoms with Crippen molar-refractivity contribution in [2.45, 2.75) is 0 Å². The van der Waals surface area contributed by atoms with Crippen molar-refractivity contribution in [1.29, 1.82) is 0 Å². The molecule has 214 valence electrons. The maximum absolute atomic E-state index is 8.25. The predicted molar refractivity (Wildman–Crippen MR) is 176 cm³/mol. The van der Waals surface area contributed by atoms with E-state index in [-0.39, 0.29) is 24.3 Å². The first kappa shape index (κ1) is 23.2. The third kappa shape index (κ3) is 5.23. The number of fused-ring (bicyclic) bond motifs is 3. The number of benzene rings is 4. The van der Waals surface area contributed by atoms with Gasteiger partial charge in [0.2, 0.25) is 5.95 Å². The molecule has 0 spiro atoms. The van der Waals surface area contributed by atoms with E-state index < -0.39 is 0 Å². The molecule has 0 unspecified atom stereocenters. The SMILES string of the molecule is [2H]c1nc(-n2c3cc(Oc4cccc(-c5ccccn5)c4)ccc3c3ccc(Oc4cccc(-c5ccccn5)c4)cc32)nc([2H])c1[2H]. The lowest BCUT2D eigenvalue weighted by Gasteiger charge is -2.10. The third-order valence-electron chi connectivity index (χ3n) is 7.39. The van der Waals surface area contributed by atoms with Crippen molar-refractivity contribution >= 4 is 21.8 Å². The minimum Gasteiger partial charge on any atom is -0.457 e. The van der Waals surface area contributed by atoms with Crippen LogP contribution in [0.15, 0.2) is 152 Å². The first-order valence-corrected chi connectivity index (χ1v) is 14.3. The van der Waals surface area contributed by atoms with Crippen LogP contribution in [0.4, 0.5) is 0 Å². The molecule has 4 heterocycles. The van der Waals surface area contributed by atoms with E-state index in [1.165, 1.54) is 0 Å². The van der Waals surface area contributed by atoms with Crippen LogP contribution in [0.1, 0.15) is 4.11 Å². The Kier molecular flexibility index (Phi) is 5.86. The molecule has 0 amide bonds. The van der Waals surface area contributed by atoms with Crippen molar-refractivity contribution in [2.24, 2.45) is 0 Å². The summed E-state index contributed by atoms with van der Waals surface area (Å²) in [5.74, 6) is 2.52. The zero-order chi connectivity index (χ0) is 32.6. The van der Waals surface area contributed by atoms with Gasteiger partial charge in [-0.05, 0) is 78.8 Å². The Morgan fingerprint density at radius 2 is 1.00 bits per heavy atom. The molecule has 0 saturated carbocycles. The largest absolute Gasteiger partial charge is 0.457 e. The molecule has 0 atom stereocenters. The van der Waals surface area contributed by atoms with E-state index in [0.717, 1.165) is 33.3 Å². The van der Waals surface area contributed by atoms with Crippen LogP contribution in [0.2, 0.25) is 0 Å². The first-order chi connectivity index (χ1) is 23.5. The highest BCUT2D eigenvalue weighted by Gasteiger charge is 2.16. The third-order valence-corrected chi connectivity index (χ3v) is 7.39. The van der Waals surface area contributed by atoms with E-state index in [9.17, 15) is 0 Å². The molecule has 4 aromatic carbocycles. The summed E-state index contributed by atoms with van der Waals surface area (Å²) in [7, 11) is 0.